The van der Waals surface area contributed by atoms with E-state index in [4.69, 9.17) is 4.74 Å². The number of hydrogen-bond acceptors (Lipinski definition) is 4. The molecular weight excluding hydrogens is 369 g/mol. The number of hydrogen-bond donors (Lipinski definition) is 0. The molecule has 0 spiro atoms. The summed E-state index contributed by atoms with van der Waals surface area (Å²) in [6.07, 6.45) is 0.226. The van der Waals surface area contributed by atoms with Crippen molar-refractivity contribution in [1.82, 2.24) is 13.6 Å². The Morgan fingerprint density at radius 1 is 1.22 bits per heavy atom. The summed E-state index contributed by atoms with van der Waals surface area (Å²) >= 11 is 0. The van der Waals surface area contributed by atoms with Crippen LogP contribution in [0.5, 0.6) is 0 Å². The van der Waals surface area contributed by atoms with Crippen LogP contribution in [-0.2, 0) is 21.4 Å². The van der Waals surface area contributed by atoms with Gasteiger partial charge in [0, 0.05) is 32.9 Å². The number of aryl methyl sites for hydroxylation is 1. The average molecular weight is 393 g/mol. The Kier molecular flexibility index (Phi) is 5.90. The lowest BCUT2D eigenvalue weighted by atomic mass is 10.0. The van der Waals surface area contributed by atoms with E-state index in [2.05, 4.69) is 4.98 Å². The first-order valence-electron chi connectivity index (χ1n) is 8.77. The second kappa shape index (κ2) is 8.02. The maximum absolute atomic E-state index is 13.1. The Bertz CT molecular complexity index is 901. The molecule has 8 heteroatoms. The number of ether oxygens (including phenoxy) is 1. The predicted molar refractivity (Wildman–Crippen MR) is 101 cm³/mol. The van der Waals surface area contributed by atoms with E-state index < -0.39 is 16.3 Å². The second-order valence-corrected chi connectivity index (χ2v) is 8.99. The van der Waals surface area contributed by atoms with E-state index in [9.17, 15) is 12.8 Å². The Morgan fingerprint density at radius 2 is 1.93 bits per heavy atom. The number of aromatic nitrogens is 1. The van der Waals surface area contributed by atoms with Crippen LogP contribution < -0.4 is 0 Å². The Morgan fingerprint density at radius 3 is 2.59 bits per heavy atom. The van der Waals surface area contributed by atoms with Gasteiger partial charge < -0.3 is 4.74 Å². The molecule has 0 bridgehead atoms. The molecule has 2 aromatic rings. The summed E-state index contributed by atoms with van der Waals surface area (Å²) in [4.78, 5) is 4.55. The molecule has 1 aromatic heterocycles. The minimum Gasteiger partial charge on any atom is -0.369 e. The zero-order valence-corrected chi connectivity index (χ0v) is 16.5. The second-order valence-electron chi connectivity index (χ2n) is 6.85. The lowest BCUT2D eigenvalue weighted by Gasteiger charge is -2.33. The van der Waals surface area contributed by atoms with Gasteiger partial charge in [0.1, 0.15) is 11.9 Å². The highest BCUT2D eigenvalue weighted by atomic mass is 32.2. The van der Waals surface area contributed by atoms with Gasteiger partial charge in [-0.1, -0.05) is 12.1 Å². The molecule has 0 amide bonds. The largest absolute Gasteiger partial charge is 0.369 e. The Labute approximate surface area is 159 Å². The molecule has 1 fully saturated rings. The highest BCUT2D eigenvalue weighted by molar-refractivity contribution is 7.86. The first kappa shape index (κ1) is 19.9. The quantitative estimate of drug-likeness (QED) is 0.782. The number of rotatable bonds is 5. The minimum atomic E-state index is -3.49. The molecule has 0 radical (unpaired) electrons. The normalized spacial score (nSPS) is 18.8. The van der Waals surface area contributed by atoms with Crippen LogP contribution in [0.1, 0.15) is 28.6 Å². The standard InChI is InChI=1S/C19H24FN3O3S/c1-14-10-16(11-15-4-6-17(20)7-5-15)12-18(21-14)19-13-23(8-9-26-19)27(24,25)22(2)3/h4-7,10,12,19H,8-9,11,13H2,1-3H3/t19-/m0/s1. The van der Waals surface area contributed by atoms with Gasteiger partial charge in [-0.15, -0.1) is 0 Å². The molecule has 146 valence electrons. The third-order valence-electron chi connectivity index (χ3n) is 4.50. The maximum Gasteiger partial charge on any atom is 0.281 e. The summed E-state index contributed by atoms with van der Waals surface area (Å²) in [5, 5.41) is 0. The van der Waals surface area contributed by atoms with Crippen molar-refractivity contribution in [1.29, 1.82) is 0 Å². The van der Waals surface area contributed by atoms with Crippen LogP contribution >= 0.6 is 0 Å². The van der Waals surface area contributed by atoms with E-state index >= 15 is 0 Å². The van der Waals surface area contributed by atoms with Crippen molar-refractivity contribution in [2.75, 3.05) is 33.8 Å². The molecule has 1 aliphatic heterocycles. The zero-order valence-electron chi connectivity index (χ0n) is 15.7. The van der Waals surface area contributed by atoms with Crippen molar-refractivity contribution >= 4 is 10.2 Å². The number of benzene rings is 1. The molecule has 6 nitrogen and oxygen atoms in total. The molecule has 0 N–H and O–H groups in total. The van der Waals surface area contributed by atoms with Gasteiger partial charge in [0.2, 0.25) is 0 Å². The molecule has 1 atom stereocenters. The van der Waals surface area contributed by atoms with Crippen LogP contribution in [0.15, 0.2) is 36.4 Å². The summed E-state index contributed by atoms with van der Waals surface area (Å²) in [5.74, 6) is -0.261. The van der Waals surface area contributed by atoms with Crippen molar-refractivity contribution in [2.24, 2.45) is 0 Å². The van der Waals surface area contributed by atoms with Gasteiger partial charge in [-0.2, -0.15) is 17.0 Å². The van der Waals surface area contributed by atoms with E-state index in [0.717, 1.165) is 16.8 Å². The third kappa shape index (κ3) is 4.70. The Hall–Kier alpha value is -1.87. The van der Waals surface area contributed by atoms with E-state index in [0.29, 0.717) is 25.3 Å². The van der Waals surface area contributed by atoms with Crippen molar-refractivity contribution in [3.8, 4) is 0 Å². The lowest BCUT2D eigenvalue weighted by molar-refractivity contribution is -0.00633. The molecule has 1 saturated heterocycles. The van der Waals surface area contributed by atoms with Crippen LogP contribution in [-0.4, -0.2) is 55.8 Å². The van der Waals surface area contributed by atoms with Crippen LogP contribution in [0.25, 0.3) is 0 Å². The number of nitrogens with zero attached hydrogens (tertiary/aromatic N) is 3. The molecule has 0 saturated carbocycles. The summed E-state index contributed by atoms with van der Waals surface area (Å²) in [6, 6.07) is 10.3. The number of halogens is 1. The molecule has 1 aromatic carbocycles. The highest BCUT2D eigenvalue weighted by Gasteiger charge is 2.32. The first-order chi connectivity index (χ1) is 12.8. The molecular formula is C19H24FN3O3S. The fourth-order valence-corrected chi connectivity index (χ4v) is 4.21. The van der Waals surface area contributed by atoms with E-state index in [1.165, 1.54) is 34.8 Å². The summed E-state index contributed by atoms with van der Waals surface area (Å²) in [7, 11) is -0.452. The fraction of sp³-hybridized carbons (Fsp3) is 0.421. The van der Waals surface area contributed by atoms with Gasteiger partial charge in [0.15, 0.2) is 0 Å². The van der Waals surface area contributed by atoms with Gasteiger partial charge in [-0.05, 0) is 48.7 Å². The van der Waals surface area contributed by atoms with Crippen molar-refractivity contribution in [3.63, 3.8) is 0 Å². The van der Waals surface area contributed by atoms with Gasteiger partial charge in [0.05, 0.1) is 12.3 Å². The molecule has 0 unspecified atom stereocenters. The van der Waals surface area contributed by atoms with E-state index in [1.54, 1.807) is 12.1 Å². The minimum absolute atomic E-state index is 0.229. The van der Waals surface area contributed by atoms with Crippen LogP contribution in [0.3, 0.4) is 0 Å². The number of pyridine rings is 1. The van der Waals surface area contributed by atoms with E-state index in [1.807, 2.05) is 19.1 Å². The molecule has 1 aliphatic rings. The summed E-state index contributed by atoms with van der Waals surface area (Å²) in [5.41, 5.74) is 3.57. The predicted octanol–water partition coefficient (Wildman–Crippen LogP) is 2.30. The Balaban J connectivity index is 1.82. The van der Waals surface area contributed by atoms with Gasteiger partial charge in [-0.25, -0.2) is 4.39 Å². The van der Waals surface area contributed by atoms with Crippen LogP contribution in [0.2, 0.25) is 0 Å². The molecule has 27 heavy (non-hydrogen) atoms. The van der Waals surface area contributed by atoms with Gasteiger partial charge in [0.25, 0.3) is 10.2 Å². The maximum atomic E-state index is 13.1. The highest BCUT2D eigenvalue weighted by Crippen LogP contribution is 2.25. The monoisotopic (exact) mass is 393 g/mol. The molecule has 2 heterocycles. The smallest absolute Gasteiger partial charge is 0.281 e. The van der Waals surface area contributed by atoms with Crippen LogP contribution in [0.4, 0.5) is 4.39 Å². The van der Waals surface area contributed by atoms with Crippen molar-refractivity contribution in [3.05, 3.63) is 64.7 Å². The van der Waals surface area contributed by atoms with E-state index in [-0.39, 0.29) is 12.4 Å². The van der Waals surface area contributed by atoms with Gasteiger partial charge in [-0.3, -0.25) is 4.98 Å². The molecule has 0 aliphatic carbocycles. The topological polar surface area (TPSA) is 62.7 Å². The SMILES string of the molecule is Cc1cc(Cc2ccc(F)cc2)cc([C@@H]2CN(S(=O)(=O)N(C)C)CCO2)n1. The summed E-state index contributed by atoms with van der Waals surface area (Å²) in [6.45, 7) is 2.77. The molecule has 3 rings (SSSR count). The zero-order chi connectivity index (χ0) is 19.6. The van der Waals surface area contributed by atoms with Gasteiger partial charge >= 0.3 is 0 Å². The first-order valence-corrected chi connectivity index (χ1v) is 10.2. The van der Waals surface area contributed by atoms with Crippen molar-refractivity contribution < 1.29 is 17.5 Å². The third-order valence-corrected chi connectivity index (χ3v) is 6.41. The average Bonchev–Trinajstić information content (AvgIpc) is 2.63. The fourth-order valence-electron chi connectivity index (χ4n) is 3.12. The number of morpholine rings is 1. The van der Waals surface area contributed by atoms with Crippen LogP contribution in [0, 0.1) is 12.7 Å². The van der Waals surface area contributed by atoms with Crippen molar-refractivity contribution in [2.45, 2.75) is 19.4 Å². The summed E-state index contributed by atoms with van der Waals surface area (Å²) < 4.78 is 46.4. The lowest BCUT2D eigenvalue weighted by Crippen LogP contribution is -2.47.